The molecule has 1 N–H and O–H groups in total. The zero-order chi connectivity index (χ0) is 13.2. The van der Waals surface area contributed by atoms with Gasteiger partial charge in [-0.15, -0.1) is 0 Å². The number of aromatic nitrogens is 1. The van der Waals surface area contributed by atoms with Crippen molar-refractivity contribution in [2.45, 2.75) is 25.0 Å². The maximum Gasteiger partial charge on any atom is 0.129 e. The Kier molecular flexibility index (Phi) is 4.22. The van der Waals surface area contributed by atoms with Crippen molar-refractivity contribution >= 4 is 11.6 Å². The Bertz CT molecular complexity index is 417. The third kappa shape index (κ3) is 3.01. The van der Waals surface area contributed by atoms with E-state index < -0.39 is 5.60 Å². The number of aliphatic hydroxyl groups is 1. The number of rotatable bonds is 3. The van der Waals surface area contributed by atoms with Gasteiger partial charge < -0.3 is 14.7 Å². The van der Waals surface area contributed by atoms with E-state index in [2.05, 4.69) is 4.98 Å². The van der Waals surface area contributed by atoms with Crippen molar-refractivity contribution in [3.05, 3.63) is 28.5 Å². The molecule has 1 aromatic heterocycles. The van der Waals surface area contributed by atoms with E-state index in [1.807, 2.05) is 25.1 Å². The highest BCUT2D eigenvalue weighted by Crippen LogP contribution is 2.34. The maximum absolute atomic E-state index is 10.7. The molecule has 0 saturated carbocycles. The molecule has 2 rings (SSSR count). The van der Waals surface area contributed by atoms with Crippen molar-refractivity contribution in [3.63, 3.8) is 0 Å². The lowest BCUT2D eigenvalue weighted by atomic mass is 9.85. The quantitative estimate of drug-likeness (QED) is 0.851. The van der Waals surface area contributed by atoms with Crippen LogP contribution in [0.25, 0.3) is 0 Å². The predicted molar refractivity (Wildman–Crippen MR) is 70.6 cm³/mol. The molecule has 0 bridgehead atoms. The smallest absolute Gasteiger partial charge is 0.129 e. The lowest BCUT2D eigenvalue weighted by Gasteiger charge is -2.34. The first kappa shape index (κ1) is 13.7. The van der Waals surface area contributed by atoms with E-state index in [1.54, 1.807) is 6.07 Å². The van der Waals surface area contributed by atoms with E-state index >= 15 is 0 Å². The first-order chi connectivity index (χ1) is 8.51. The summed E-state index contributed by atoms with van der Waals surface area (Å²) in [4.78, 5) is 6.38. The molecule has 18 heavy (non-hydrogen) atoms. The van der Waals surface area contributed by atoms with E-state index in [-0.39, 0.29) is 0 Å². The minimum atomic E-state index is -0.832. The van der Waals surface area contributed by atoms with Gasteiger partial charge in [-0.05, 0) is 20.2 Å². The van der Waals surface area contributed by atoms with Crippen molar-refractivity contribution in [2.24, 2.45) is 0 Å². The fourth-order valence-corrected chi connectivity index (χ4v) is 2.46. The fraction of sp³-hybridized carbons (Fsp3) is 0.615. The van der Waals surface area contributed by atoms with Crippen LogP contribution in [0, 0.1) is 0 Å². The second-order valence-electron chi connectivity index (χ2n) is 5.01. The summed E-state index contributed by atoms with van der Waals surface area (Å²) < 4.78 is 5.31. The van der Waals surface area contributed by atoms with Crippen LogP contribution in [0.5, 0.6) is 0 Å². The number of halogens is 1. The second kappa shape index (κ2) is 5.53. The van der Waals surface area contributed by atoms with Gasteiger partial charge in [0.2, 0.25) is 0 Å². The Morgan fingerprint density at radius 1 is 1.39 bits per heavy atom. The van der Waals surface area contributed by atoms with Crippen LogP contribution in [-0.4, -0.2) is 42.3 Å². The summed E-state index contributed by atoms with van der Waals surface area (Å²) in [7, 11) is 3.95. The van der Waals surface area contributed by atoms with E-state index in [0.717, 1.165) is 11.3 Å². The molecule has 100 valence electrons. The van der Waals surface area contributed by atoms with Crippen LogP contribution in [-0.2, 0) is 16.9 Å². The van der Waals surface area contributed by atoms with Crippen molar-refractivity contribution in [1.29, 1.82) is 0 Å². The number of ether oxygens (including phenoxy) is 1. The molecule has 1 saturated heterocycles. The van der Waals surface area contributed by atoms with Crippen LogP contribution in [0.3, 0.4) is 0 Å². The Labute approximate surface area is 113 Å². The van der Waals surface area contributed by atoms with E-state index in [9.17, 15) is 5.11 Å². The first-order valence-corrected chi connectivity index (χ1v) is 6.50. The lowest BCUT2D eigenvalue weighted by molar-refractivity contribution is -0.0688. The molecule has 0 spiro atoms. The normalized spacial score (nSPS) is 19.2. The molecule has 0 aromatic carbocycles. The molecule has 2 heterocycles. The molecule has 1 fully saturated rings. The number of hydrogen-bond donors (Lipinski definition) is 1. The third-order valence-electron chi connectivity index (χ3n) is 3.23. The number of nitrogens with zero attached hydrogens (tertiary/aromatic N) is 2. The Morgan fingerprint density at radius 2 is 2.06 bits per heavy atom. The van der Waals surface area contributed by atoms with Gasteiger partial charge in [-0.2, -0.15) is 0 Å². The zero-order valence-corrected chi connectivity index (χ0v) is 11.6. The highest BCUT2D eigenvalue weighted by atomic mass is 35.5. The minimum absolute atomic E-state index is 0.464. The summed E-state index contributed by atoms with van der Waals surface area (Å²) in [5.74, 6) is 0. The molecule has 0 amide bonds. The molecule has 1 aliphatic heterocycles. The van der Waals surface area contributed by atoms with E-state index in [0.29, 0.717) is 37.8 Å². The van der Waals surface area contributed by atoms with Crippen LogP contribution in [0.15, 0.2) is 12.1 Å². The van der Waals surface area contributed by atoms with Crippen LogP contribution >= 0.6 is 11.6 Å². The van der Waals surface area contributed by atoms with Crippen molar-refractivity contribution < 1.29 is 9.84 Å². The van der Waals surface area contributed by atoms with Gasteiger partial charge in [0.25, 0.3) is 0 Å². The first-order valence-electron chi connectivity index (χ1n) is 6.12. The SMILES string of the molecule is CN(C)Cc1nc(Cl)ccc1C1(O)CCOCC1. The lowest BCUT2D eigenvalue weighted by Crippen LogP contribution is -2.35. The molecule has 0 atom stereocenters. The maximum atomic E-state index is 10.7. The zero-order valence-electron chi connectivity index (χ0n) is 10.8. The van der Waals surface area contributed by atoms with Gasteiger partial charge in [-0.25, -0.2) is 4.98 Å². The van der Waals surface area contributed by atoms with Crippen molar-refractivity contribution in [1.82, 2.24) is 9.88 Å². The van der Waals surface area contributed by atoms with Gasteiger partial charge in [0.05, 0.1) is 11.3 Å². The van der Waals surface area contributed by atoms with Crippen molar-refractivity contribution in [2.75, 3.05) is 27.3 Å². The molecule has 1 aromatic rings. The van der Waals surface area contributed by atoms with Crippen LogP contribution in [0.4, 0.5) is 0 Å². The summed E-state index contributed by atoms with van der Waals surface area (Å²) in [6, 6.07) is 3.63. The minimum Gasteiger partial charge on any atom is -0.385 e. The van der Waals surface area contributed by atoms with Gasteiger partial charge in [0.1, 0.15) is 5.15 Å². The van der Waals surface area contributed by atoms with Crippen LogP contribution in [0.2, 0.25) is 5.15 Å². The average molecular weight is 271 g/mol. The van der Waals surface area contributed by atoms with E-state index in [4.69, 9.17) is 16.3 Å². The predicted octanol–water partition coefficient (Wildman–Crippen LogP) is 1.79. The van der Waals surface area contributed by atoms with Gasteiger partial charge in [0.15, 0.2) is 0 Å². The van der Waals surface area contributed by atoms with Crippen molar-refractivity contribution in [3.8, 4) is 0 Å². The summed E-state index contributed by atoms with van der Waals surface area (Å²) in [6.07, 6.45) is 1.22. The molecular weight excluding hydrogens is 252 g/mol. The molecule has 0 radical (unpaired) electrons. The van der Waals surface area contributed by atoms with Gasteiger partial charge in [-0.3, -0.25) is 0 Å². The molecular formula is C13H19ClN2O2. The summed E-state index contributed by atoms with van der Waals surface area (Å²) in [5.41, 5.74) is 0.891. The highest BCUT2D eigenvalue weighted by molar-refractivity contribution is 6.29. The van der Waals surface area contributed by atoms with Crippen LogP contribution in [0.1, 0.15) is 24.1 Å². The van der Waals surface area contributed by atoms with Gasteiger partial charge in [0, 0.05) is 38.2 Å². The topological polar surface area (TPSA) is 45.6 Å². The Balaban J connectivity index is 2.35. The van der Waals surface area contributed by atoms with Crippen LogP contribution < -0.4 is 0 Å². The van der Waals surface area contributed by atoms with Gasteiger partial charge >= 0.3 is 0 Å². The highest BCUT2D eigenvalue weighted by Gasteiger charge is 2.34. The standard InChI is InChI=1S/C13H19ClN2O2/c1-16(2)9-11-10(3-4-12(14)15-11)13(17)5-7-18-8-6-13/h3-4,17H,5-9H2,1-2H3. The van der Waals surface area contributed by atoms with E-state index in [1.165, 1.54) is 0 Å². The third-order valence-corrected chi connectivity index (χ3v) is 3.44. The molecule has 4 nitrogen and oxygen atoms in total. The summed E-state index contributed by atoms with van der Waals surface area (Å²) in [5, 5.41) is 11.2. The average Bonchev–Trinajstić information content (AvgIpc) is 2.28. The second-order valence-corrected chi connectivity index (χ2v) is 5.40. The molecule has 0 aliphatic carbocycles. The monoisotopic (exact) mass is 270 g/mol. The molecule has 1 aliphatic rings. The largest absolute Gasteiger partial charge is 0.385 e. The summed E-state index contributed by atoms with van der Waals surface area (Å²) in [6.45, 7) is 1.83. The fourth-order valence-electron chi connectivity index (χ4n) is 2.30. The van der Waals surface area contributed by atoms with Gasteiger partial charge in [-0.1, -0.05) is 17.7 Å². The molecule has 0 unspecified atom stereocenters. The number of pyridine rings is 1. The summed E-state index contributed by atoms with van der Waals surface area (Å²) >= 11 is 5.95. The Hall–Kier alpha value is -0.680. The number of hydrogen-bond acceptors (Lipinski definition) is 4. The Morgan fingerprint density at radius 3 is 2.67 bits per heavy atom. The molecule has 5 heteroatoms.